The third-order valence-electron chi connectivity index (χ3n) is 1.80. The largest absolute Gasteiger partial charge is 0.312 e. The van der Waals surface area contributed by atoms with Crippen molar-refractivity contribution in [3.05, 3.63) is 22.4 Å². The third kappa shape index (κ3) is 4.72. The highest BCUT2D eigenvalue weighted by molar-refractivity contribution is 7.09. The number of hydrogen-bond acceptors (Lipinski definition) is 2. The lowest BCUT2D eigenvalue weighted by Crippen LogP contribution is -2.13. The molecule has 70 valence electrons. The SMILES string of the molecule is C#CCCCCNCc1cccs1. The summed E-state index contributed by atoms with van der Waals surface area (Å²) >= 11 is 1.80. The van der Waals surface area contributed by atoms with Crippen molar-refractivity contribution in [3.8, 4) is 12.3 Å². The summed E-state index contributed by atoms with van der Waals surface area (Å²) in [5.74, 6) is 2.65. The quantitative estimate of drug-likeness (QED) is 0.541. The average molecular weight is 193 g/mol. The fourth-order valence-electron chi connectivity index (χ4n) is 1.10. The lowest BCUT2D eigenvalue weighted by molar-refractivity contribution is 0.634. The van der Waals surface area contributed by atoms with Gasteiger partial charge in [0.25, 0.3) is 0 Å². The zero-order valence-corrected chi connectivity index (χ0v) is 8.57. The Morgan fingerprint density at radius 3 is 3.08 bits per heavy atom. The molecule has 1 aromatic rings. The molecular weight excluding hydrogens is 178 g/mol. The Morgan fingerprint density at radius 2 is 2.38 bits per heavy atom. The number of nitrogens with one attached hydrogen (secondary N) is 1. The van der Waals surface area contributed by atoms with Gasteiger partial charge in [0.15, 0.2) is 0 Å². The first-order chi connectivity index (χ1) is 6.43. The maximum atomic E-state index is 5.15. The van der Waals surface area contributed by atoms with Gasteiger partial charge in [0, 0.05) is 17.8 Å². The van der Waals surface area contributed by atoms with Gasteiger partial charge in [-0.1, -0.05) is 6.07 Å². The molecule has 2 heteroatoms. The van der Waals surface area contributed by atoms with Gasteiger partial charge in [0.2, 0.25) is 0 Å². The molecule has 0 fully saturated rings. The number of unbranched alkanes of at least 4 members (excludes halogenated alkanes) is 2. The lowest BCUT2D eigenvalue weighted by atomic mass is 10.2. The summed E-state index contributed by atoms with van der Waals surface area (Å²) in [4.78, 5) is 1.40. The molecular formula is C11H15NS. The van der Waals surface area contributed by atoms with Crippen molar-refractivity contribution < 1.29 is 0 Å². The van der Waals surface area contributed by atoms with Gasteiger partial charge < -0.3 is 5.32 Å². The van der Waals surface area contributed by atoms with Crippen molar-refractivity contribution in [1.29, 1.82) is 0 Å². The molecule has 13 heavy (non-hydrogen) atoms. The highest BCUT2D eigenvalue weighted by Gasteiger charge is 1.91. The van der Waals surface area contributed by atoms with Crippen LogP contribution < -0.4 is 5.32 Å². The molecule has 0 spiro atoms. The topological polar surface area (TPSA) is 12.0 Å². The fraction of sp³-hybridized carbons (Fsp3) is 0.455. The first-order valence-corrected chi connectivity index (χ1v) is 5.48. The summed E-state index contributed by atoms with van der Waals surface area (Å²) in [6.45, 7) is 2.06. The van der Waals surface area contributed by atoms with E-state index in [1.165, 1.54) is 11.3 Å². The van der Waals surface area contributed by atoms with E-state index in [9.17, 15) is 0 Å². The van der Waals surface area contributed by atoms with Gasteiger partial charge in [-0.05, 0) is 30.8 Å². The summed E-state index contributed by atoms with van der Waals surface area (Å²) < 4.78 is 0. The monoisotopic (exact) mass is 193 g/mol. The van der Waals surface area contributed by atoms with Crippen molar-refractivity contribution in [3.63, 3.8) is 0 Å². The van der Waals surface area contributed by atoms with E-state index in [2.05, 4.69) is 28.8 Å². The van der Waals surface area contributed by atoms with Crippen LogP contribution in [0, 0.1) is 12.3 Å². The number of rotatable bonds is 6. The minimum absolute atomic E-state index is 0.903. The van der Waals surface area contributed by atoms with Crippen molar-refractivity contribution >= 4 is 11.3 Å². The Kier molecular flexibility index (Phi) is 5.31. The normalized spacial score (nSPS) is 9.77. The first-order valence-electron chi connectivity index (χ1n) is 4.60. The molecule has 0 amide bonds. The molecule has 1 N–H and O–H groups in total. The van der Waals surface area contributed by atoms with Crippen LogP contribution in [0.5, 0.6) is 0 Å². The Bertz CT molecular complexity index is 246. The highest BCUT2D eigenvalue weighted by Crippen LogP contribution is 2.07. The number of hydrogen-bond donors (Lipinski definition) is 1. The van der Waals surface area contributed by atoms with Gasteiger partial charge >= 0.3 is 0 Å². The molecule has 0 saturated carbocycles. The zero-order chi connectivity index (χ0) is 9.36. The molecule has 0 saturated heterocycles. The Labute approximate surface area is 84.2 Å². The molecule has 0 aliphatic heterocycles. The molecule has 0 aromatic carbocycles. The van der Waals surface area contributed by atoms with Gasteiger partial charge in [0.05, 0.1) is 0 Å². The van der Waals surface area contributed by atoms with E-state index in [1.54, 1.807) is 11.3 Å². The van der Waals surface area contributed by atoms with E-state index in [-0.39, 0.29) is 0 Å². The highest BCUT2D eigenvalue weighted by atomic mass is 32.1. The summed E-state index contributed by atoms with van der Waals surface area (Å²) in [6.07, 6.45) is 8.36. The molecule has 0 atom stereocenters. The van der Waals surface area contributed by atoms with Crippen LogP contribution in [0.25, 0.3) is 0 Å². The van der Waals surface area contributed by atoms with Gasteiger partial charge in [-0.3, -0.25) is 0 Å². The Balaban J connectivity index is 1.94. The molecule has 0 unspecified atom stereocenters. The van der Waals surface area contributed by atoms with Crippen molar-refractivity contribution in [2.75, 3.05) is 6.54 Å². The maximum absolute atomic E-state index is 5.15. The van der Waals surface area contributed by atoms with E-state index in [1.807, 2.05) is 0 Å². The smallest absolute Gasteiger partial charge is 0.0299 e. The van der Waals surface area contributed by atoms with E-state index < -0.39 is 0 Å². The molecule has 1 nitrogen and oxygen atoms in total. The third-order valence-corrected chi connectivity index (χ3v) is 2.68. The fourth-order valence-corrected chi connectivity index (χ4v) is 1.78. The minimum atomic E-state index is 0.903. The predicted molar refractivity (Wildman–Crippen MR) is 58.7 cm³/mol. The van der Waals surface area contributed by atoms with Crippen LogP contribution in [-0.2, 0) is 6.54 Å². The minimum Gasteiger partial charge on any atom is -0.312 e. The van der Waals surface area contributed by atoms with E-state index in [4.69, 9.17) is 6.42 Å². The molecule has 1 heterocycles. The number of thiophene rings is 1. The van der Waals surface area contributed by atoms with Crippen molar-refractivity contribution in [2.45, 2.75) is 25.8 Å². The van der Waals surface area contributed by atoms with Crippen LogP contribution in [0.3, 0.4) is 0 Å². The van der Waals surface area contributed by atoms with E-state index in [0.29, 0.717) is 0 Å². The molecule has 0 aliphatic carbocycles. The summed E-state index contributed by atoms with van der Waals surface area (Å²) in [5.41, 5.74) is 0. The molecule has 1 rings (SSSR count). The van der Waals surface area contributed by atoms with Crippen LogP contribution in [0.4, 0.5) is 0 Å². The summed E-state index contributed by atoms with van der Waals surface area (Å²) in [5, 5.41) is 5.50. The zero-order valence-electron chi connectivity index (χ0n) is 7.75. The molecule has 1 aromatic heterocycles. The summed E-state index contributed by atoms with van der Waals surface area (Å²) in [7, 11) is 0. The lowest BCUT2D eigenvalue weighted by Gasteiger charge is -2.00. The van der Waals surface area contributed by atoms with Gasteiger partial charge in [-0.15, -0.1) is 23.7 Å². The van der Waals surface area contributed by atoms with Crippen LogP contribution in [0.15, 0.2) is 17.5 Å². The van der Waals surface area contributed by atoms with Gasteiger partial charge in [-0.25, -0.2) is 0 Å². The van der Waals surface area contributed by atoms with E-state index in [0.717, 1.165) is 25.9 Å². The number of terminal acetylenes is 1. The van der Waals surface area contributed by atoms with Crippen molar-refractivity contribution in [1.82, 2.24) is 5.32 Å². The van der Waals surface area contributed by atoms with Gasteiger partial charge in [0.1, 0.15) is 0 Å². The molecule has 0 aliphatic rings. The van der Waals surface area contributed by atoms with E-state index >= 15 is 0 Å². The van der Waals surface area contributed by atoms with Gasteiger partial charge in [-0.2, -0.15) is 0 Å². The summed E-state index contributed by atoms with van der Waals surface area (Å²) in [6, 6.07) is 4.24. The van der Waals surface area contributed by atoms with Crippen molar-refractivity contribution in [2.24, 2.45) is 0 Å². The Morgan fingerprint density at radius 1 is 1.46 bits per heavy atom. The van der Waals surface area contributed by atoms with Crippen LogP contribution in [-0.4, -0.2) is 6.54 Å². The predicted octanol–water partition coefficient (Wildman–Crippen LogP) is 2.64. The van der Waals surface area contributed by atoms with Crippen LogP contribution in [0.2, 0.25) is 0 Å². The van der Waals surface area contributed by atoms with Crippen LogP contribution in [0.1, 0.15) is 24.1 Å². The maximum Gasteiger partial charge on any atom is 0.0299 e. The molecule has 0 bridgehead atoms. The second-order valence-electron chi connectivity index (χ2n) is 2.92. The Hall–Kier alpha value is -0.780. The first kappa shape index (κ1) is 10.3. The second kappa shape index (κ2) is 6.71. The molecule has 0 radical (unpaired) electrons. The second-order valence-corrected chi connectivity index (χ2v) is 3.95. The van der Waals surface area contributed by atoms with Crippen LogP contribution >= 0.6 is 11.3 Å². The average Bonchev–Trinajstić information content (AvgIpc) is 2.63. The standard InChI is InChI=1S/C11H15NS/c1-2-3-4-5-8-12-10-11-7-6-9-13-11/h1,6-7,9,12H,3-5,8,10H2.